The Morgan fingerprint density at radius 1 is 0.359 bits per heavy atom. The Kier molecular flexibility index (Phi) is 34.1. The minimum Gasteiger partial charge on any atom is -0.780 e. The van der Waals surface area contributed by atoms with Crippen LogP contribution in [0, 0.1) is 34.6 Å². The van der Waals surface area contributed by atoms with Gasteiger partial charge in [-0.1, -0.05) is 77.8 Å². The Labute approximate surface area is 848 Å². The summed E-state index contributed by atoms with van der Waals surface area (Å²) < 4.78 is 147. The van der Waals surface area contributed by atoms with Crippen LogP contribution in [-0.2, 0) is 184 Å². The monoisotopic (exact) mass is 2300 g/mol. The van der Waals surface area contributed by atoms with Crippen molar-refractivity contribution in [1.29, 1.82) is 0 Å². The highest BCUT2D eigenvalue weighted by atomic mass is 32.7. The van der Waals surface area contributed by atoms with Crippen molar-refractivity contribution in [3.8, 4) is 0 Å². The molecule has 0 spiro atoms. The summed E-state index contributed by atoms with van der Waals surface area (Å²) >= 11 is 37.8. The molecule has 14 unspecified atom stereocenters. The average molecular weight is 2300 g/mol. The van der Waals surface area contributed by atoms with Gasteiger partial charge in [-0.2, -0.15) is 4.98 Å². The number of nitrogens with two attached hydrogens (primary N) is 2. The van der Waals surface area contributed by atoms with Crippen molar-refractivity contribution in [2.45, 2.75) is 222 Å². The molecule has 0 saturated carbocycles. The third kappa shape index (κ3) is 26.3. The summed E-state index contributed by atoms with van der Waals surface area (Å²) in [5, 5.41) is 0. The van der Waals surface area contributed by atoms with E-state index in [0.29, 0.717) is 0 Å². The van der Waals surface area contributed by atoms with Crippen molar-refractivity contribution in [2.24, 2.45) is 0 Å². The standard InChI is InChI=1S/C72H95N20O39P7S7/c1-8-35-36(9-49(118-35)86-16-30(2)61(93)81-68(86)99)126-133(105,140)112-22-44-38(10-50(119-44)87-17-31(3)62(94)82-69(87)100)128-135(107,142)114-24-46-41(13-53(121-46)90-20-34(6)65(97)85-72(90)103)130-137(109,144)117-26-48-42(15-55(124-48)92-29-78-57-60(92)79-67(74)80-66(57)98)131-138(110,145)116-25-47-40(12-52(122-47)89-19-33(5)64(96)84-71(89)102)129-136(108,143)115-23-45-39(11-51(120-45)88-18-32(4)63(95)83-70(88)101)127-134(106,141)113-21-43-37(125-132(104,139)111-7)14-54(123-43)91-28-77-56-58(73)75-27-76-59(56)91/h16-20,27-29,35-55H,8-15,21-26H2,1-7H3,(H,104,139)(H,105,140)(H,106,141)(H,107,142)(H,108,143)(H,109,144)(H,110,145)(H2,73,75,76)(H,81,93,99)(H,82,94,100)(H,83,95,101)(H,84,96,102)(H,85,97,103)(H3,74,79,80,98)/p-7/t35-,36?,37?,38?,39?,40?,41?,42?,43-,44-,45-,46-,47-,48-,49-,50-,51-,52-,53-,54-,55-,132?,133?,134?,135?,136?,137?,138?/m1/s1. The molecule has 145 heavy (non-hydrogen) atoms. The Hall–Kier alpha value is -6.70. The molecule has 7 aliphatic heterocycles. The second kappa shape index (κ2) is 44.5. The molecule has 73 heteroatoms. The van der Waals surface area contributed by atoms with Gasteiger partial charge in [0, 0.05) is 111 Å². The van der Waals surface area contributed by atoms with Crippen molar-refractivity contribution in [3.05, 3.63) is 192 Å². The topological polar surface area (TPSA) is 783 Å². The number of H-pyrrole nitrogens is 6. The van der Waals surface area contributed by atoms with E-state index in [1.54, 1.807) is 6.92 Å². The van der Waals surface area contributed by atoms with E-state index in [1.807, 2.05) is 0 Å². The Morgan fingerprint density at radius 2 is 0.614 bits per heavy atom. The third-order valence-corrected chi connectivity index (χ3v) is 35.0. The lowest BCUT2D eigenvalue weighted by Crippen LogP contribution is -2.35. The summed E-state index contributed by atoms with van der Waals surface area (Å²) in [7, 11) is 1.05. The molecule has 16 heterocycles. The molecule has 7 saturated heterocycles. The van der Waals surface area contributed by atoms with Gasteiger partial charge in [-0.05, 0) is 41.0 Å². The first-order chi connectivity index (χ1) is 68.2. The number of rotatable bonds is 41. The maximum atomic E-state index is 15.0. The van der Waals surface area contributed by atoms with Crippen molar-refractivity contribution < 1.29 is 130 Å². The van der Waals surface area contributed by atoms with Crippen LogP contribution in [0.4, 0.5) is 11.8 Å². The number of imidazole rings is 2. The van der Waals surface area contributed by atoms with Crippen molar-refractivity contribution in [1.82, 2.24) is 86.8 Å². The molecule has 7 aliphatic rings. The summed E-state index contributed by atoms with van der Waals surface area (Å²) in [5.41, 5.74) is 2.88. The van der Waals surface area contributed by atoms with Crippen LogP contribution in [0.3, 0.4) is 0 Å². The van der Waals surface area contributed by atoms with Crippen LogP contribution >= 0.6 is 47.1 Å². The van der Waals surface area contributed by atoms with Gasteiger partial charge in [0.1, 0.15) is 132 Å². The van der Waals surface area contributed by atoms with Gasteiger partial charge < -0.3 is 150 Å². The first-order valence-electron chi connectivity index (χ1n) is 43.4. The fraction of sp³-hybridized carbons (Fsp3) is 0.583. The van der Waals surface area contributed by atoms with E-state index >= 15 is 4.89 Å². The molecule has 7 fully saturated rings. The smallest absolute Gasteiger partial charge is 0.330 e. The molecule has 794 valence electrons. The number of hydrogen-bond donors (Lipinski definition) is 8. The number of aryl methyl sites for hydroxylation is 5. The molecule has 10 N–H and O–H groups in total. The molecule has 0 aliphatic carbocycles. The second-order valence-corrected chi connectivity index (χ2v) is 52.9. The number of nitrogen functional groups attached to an aromatic ring is 2. The van der Waals surface area contributed by atoms with E-state index in [1.165, 1.54) is 62.6 Å². The molecule has 16 rings (SSSR count). The fourth-order valence-corrected chi connectivity index (χ4v) is 26.5. The highest BCUT2D eigenvalue weighted by molar-refractivity contribution is 8.32. The normalized spacial score (nSPS) is 29.5. The maximum absolute atomic E-state index is 15.0. The molecule has 9 aromatic heterocycles. The van der Waals surface area contributed by atoms with Gasteiger partial charge in [0.25, 0.3) is 33.4 Å². The number of nitrogens with zero attached hydrogens (tertiary/aromatic N) is 12. The highest BCUT2D eigenvalue weighted by Gasteiger charge is 2.49. The van der Waals surface area contributed by atoms with Gasteiger partial charge in [0.2, 0.25) is 5.95 Å². The van der Waals surface area contributed by atoms with Crippen LogP contribution < -0.4 is 103 Å². The van der Waals surface area contributed by atoms with Gasteiger partial charge in [0.05, 0.1) is 101 Å². The van der Waals surface area contributed by atoms with E-state index in [0.717, 1.165) is 61.1 Å². The first kappa shape index (κ1) is 111. The largest absolute Gasteiger partial charge is 0.780 e. The first-order valence-corrected chi connectivity index (χ1v) is 61.3. The van der Waals surface area contributed by atoms with Crippen molar-refractivity contribution in [3.63, 3.8) is 0 Å². The van der Waals surface area contributed by atoms with E-state index in [-0.39, 0.29) is 81.2 Å². The zero-order chi connectivity index (χ0) is 105. The van der Waals surface area contributed by atoms with Crippen LogP contribution in [0.5, 0.6) is 0 Å². The molecule has 0 radical (unpaired) electrons. The lowest BCUT2D eigenvalue weighted by molar-refractivity contribution is -0.221. The minimum absolute atomic E-state index is 0.00620. The second-order valence-electron chi connectivity index (χ2n) is 33.8. The summed E-state index contributed by atoms with van der Waals surface area (Å²) in [6.45, 7) is -30.6. The third-order valence-electron chi connectivity index (χ3n) is 23.9. The van der Waals surface area contributed by atoms with Gasteiger partial charge in [-0.25, -0.2) is 43.9 Å². The van der Waals surface area contributed by atoms with E-state index < -0.39 is 310 Å². The van der Waals surface area contributed by atoms with Gasteiger partial charge >= 0.3 is 28.4 Å². The van der Waals surface area contributed by atoms with Crippen LogP contribution in [0.2, 0.25) is 0 Å². The highest BCUT2D eigenvalue weighted by Crippen LogP contribution is 2.57. The molecule has 0 aromatic carbocycles. The zero-order valence-electron chi connectivity index (χ0n) is 76.1. The number of aromatic amines is 6. The number of anilines is 2. The Morgan fingerprint density at radius 3 is 0.910 bits per heavy atom. The van der Waals surface area contributed by atoms with E-state index in [4.69, 9.17) is 191 Å². The van der Waals surface area contributed by atoms with Crippen molar-refractivity contribution in [2.75, 3.05) is 58.2 Å². The average Bonchev–Trinajstić information content (AvgIpc) is 1.62. The van der Waals surface area contributed by atoms with E-state index in [9.17, 15) is 81.8 Å². The van der Waals surface area contributed by atoms with Gasteiger partial charge in [-0.3, -0.25) is 95.2 Å². The number of nitrogens with one attached hydrogen (secondary N) is 6. The maximum Gasteiger partial charge on any atom is 0.330 e. The molecular weight excluding hydrogens is 2210 g/mol. The number of ether oxygens (including phenoxy) is 7. The predicted molar refractivity (Wildman–Crippen MR) is 510 cm³/mol. The quantitative estimate of drug-likeness (QED) is 0.0136. The number of aromatic nitrogens is 18. The summed E-state index contributed by atoms with van der Waals surface area (Å²) in [5.74, 6) is -0.347. The van der Waals surface area contributed by atoms with Crippen LogP contribution in [-0.4, -0.2) is 219 Å². The zero-order valence-corrected chi connectivity index (χ0v) is 88.1. The molecule has 9 aromatic rings. The van der Waals surface area contributed by atoms with Crippen LogP contribution in [0.1, 0.15) is 130 Å². The number of hydrogen-bond acceptors (Lipinski definition) is 53. The van der Waals surface area contributed by atoms with Gasteiger partial charge in [-0.15, -0.1) is 0 Å². The summed E-state index contributed by atoms with van der Waals surface area (Å²) in [6, 6.07) is 0. The van der Waals surface area contributed by atoms with Crippen LogP contribution in [0.25, 0.3) is 22.3 Å². The minimum atomic E-state index is -5.10. The molecule has 0 amide bonds. The Bertz CT molecular complexity index is 7530. The van der Waals surface area contributed by atoms with Crippen molar-refractivity contribution >= 4 is 164 Å². The van der Waals surface area contributed by atoms with E-state index in [2.05, 4.69) is 54.8 Å². The van der Waals surface area contributed by atoms with Crippen LogP contribution in [0.15, 0.2) is 103 Å². The SMILES string of the molecule is CC[C@H]1O[C@@H](n2cc(C)c(=O)[nH]c2=O)CC1OP([O-])(=S)OC[C@H]1O[C@@H](n2cc(C)c(=O)[nH]c2=O)CC1OP(=O)([S-])OC[C@H]1O[C@@H](n2cc(C)c(=O)[nH]c2=O)CC1OP([O-])(=S)OC[C@H]1O[C@@H](n2cnc3c(=O)[nH]c(N)nc32)CC1OP([O-])(=S)OC[C@H]1O[C@@H](n2cc(C)c(=O)[nH]c2=O)CC1OP([O-])(=S)OC[C@H]1O[C@@H](n2cc(C)c(=O)[nH]c2=O)CC1OP([O-])(=S)OC[C@H]1O[C@@H](n2cnc3c(N)ncnc32)CC1OP([O-])(=S)OC. The van der Waals surface area contributed by atoms with Gasteiger partial charge in [0.15, 0.2) is 29.4 Å². The summed E-state index contributed by atoms with van der Waals surface area (Å²) in [6.07, 6.45) is -22.4. The lowest BCUT2D eigenvalue weighted by Gasteiger charge is -2.36. The molecule has 28 atom stereocenters. The molecule has 59 nitrogen and oxygen atoms in total. The lowest BCUT2D eigenvalue weighted by atomic mass is 10.1. The summed E-state index contributed by atoms with van der Waals surface area (Å²) in [4.78, 5) is 263. The fourth-order valence-electron chi connectivity index (χ4n) is 16.7. The number of fused-ring (bicyclic) bond motifs is 2. The Balaban J connectivity index is 0.610. The molecular formula is C72H88N20O39P7S7-7. The predicted octanol–water partition coefficient (Wildman–Crippen LogP) is -3.55. The molecule has 0 bridgehead atoms.